The highest BCUT2D eigenvalue weighted by Crippen LogP contribution is 2.30. The molecule has 0 radical (unpaired) electrons. The van der Waals surface area contributed by atoms with Crippen LogP contribution >= 0.6 is 0 Å². The van der Waals surface area contributed by atoms with E-state index in [4.69, 9.17) is 5.11 Å². The second-order valence-electron chi connectivity index (χ2n) is 4.89. The number of rotatable bonds is 3. The minimum atomic E-state index is -1.17. The van der Waals surface area contributed by atoms with Crippen LogP contribution in [0.2, 0.25) is 0 Å². The molecule has 0 spiro atoms. The Morgan fingerprint density at radius 3 is 2.62 bits per heavy atom. The molecule has 3 aromatic rings. The number of hydrogen-bond donors (Lipinski definition) is 3. The van der Waals surface area contributed by atoms with Crippen molar-refractivity contribution >= 4 is 16.7 Å². The van der Waals surface area contributed by atoms with Crippen molar-refractivity contribution in [1.29, 1.82) is 0 Å². The van der Waals surface area contributed by atoms with E-state index < -0.39 is 12.1 Å². The van der Waals surface area contributed by atoms with E-state index in [1.165, 1.54) is 6.33 Å². The van der Waals surface area contributed by atoms with Gasteiger partial charge in [0.05, 0.1) is 12.0 Å². The van der Waals surface area contributed by atoms with E-state index in [-0.39, 0.29) is 11.4 Å². The maximum absolute atomic E-state index is 11.1. The van der Waals surface area contributed by atoms with Crippen molar-refractivity contribution in [2.45, 2.75) is 13.0 Å². The lowest BCUT2D eigenvalue weighted by molar-refractivity contribution is 0.0685. The lowest BCUT2D eigenvalue weighted by Gasteiger charge is -2.14. The Bertz CT molecular complexity index is 823. The zero-order chi connectivity index (χ0) is 15.0. The summed E-state index contributed by atoms with van der Waals surface area (Å²) in [4.78, 5) is 17.6. The molecular weight excluding hydrogens is 268 g/mol. The molecule has 3 rings (SSSR count). The highest BCUT2D eigenvalue weighted by atomic mass is 16.4. The third-order valence-electron chi connectivity index (χ3n) is 3.62. The Hall–Kier alpha value is -2.66. The molecule has 3 N–H and O–H groups in total. The van der Waals surface area contributed by atoms with Crippen LogP contribution in [0, 0.1) is 6.92 Å². The van der Waals surface area contributed by atoms with Crippen molar-refractivity contribution in [3.8, 4) is 0 Å². The van der Waals surface area contributed by atoms with Gasteiger partial charge >= 0.3 is 5.97 Å². The van der Waals surface area contributed by atoms with Crippen LogP contribution in [0.3, 0.4) is 0 Å². The summed E-state index contributed by atoms with van der Waals surface area (Å²) in [5.41, 5.74) is 1.79. The highest BCUT2D eigenvalue weighted by molar-refractivity contribution is 5.90. The number of hydrogen-bond acceptors (Lipinski definition) is 3. The lowest BCUT2D eigenvalue weighted by Crippen LogP contribution is -2.08. The molecule has 0 aliphatic heterocycles. The molecule has 106 valence electrons. The number of H-pyrrole nitrogens is 1. The van der Waals surface area contributed by atoms with Crippen LogP contribution in [0.25, 0.3) is 10.8 Å². The first-order valence-corrected chi connectivity index (χ1v) is 6.52. The molecule has 0 aliphatic rings. The molecule has 2 aromatic carbocycles. The second-order valence-corrected chi connectivity index (χ2v) is 4.89. The van der Waals surface area contributed by atoms with E-state index in [0.29, 0.717) is 5.56 Å². The van der Waals surface area contributed by atoms with Crippen LogP contribution in [0.1, 0.15) is 33.4 Å². The molecule has 21 heavy (non-hydrogen) atoms. The first kappa shape index (κ1) is 13.3. The first-order chi connectivity index (χ1) is 10.1. The molecule has 0 saturated carbocycles. The number of aliphatic hydroxyl groups is 1. The molecule has 1 atom stereocenters. The Morgan fingerprint density at radius 1 is 1.19 bits per heavy atom. The number of aryl methyl sites for hydroxylation is 1. The van der Waals surface area contributed by atoms with Crippen LogP contribution in [-0.4, -0.2) is 26.2 Å². The van der Waals surface area contributed by atoms with Gasteiger partial charge in [-0.15, -0.1) is 0 Å². The van der Waals surface area contributed by atoms with Crippen LogP contribution in [0.15, 0.2) is 42.7 Å². The molecule has 5 heteroatoms. The number of aliphatic hydroxyl groups excluding tert-OH is 1. The number of nitrogens with zero attached hydrogens (tertiary/aromatic N) is 1. The smallest absolute Gasteiger partial charge is 0.356 e. The van der Waals surface area contributed by atoms with Crippen molar-refractivity contribution < 1.29 is 15.0 Å². The molecule has 0 amide bonds. The van der Waals surface area contributed by atoms with Gasteiger partial charge in [-0.05, 0) is 28.8 Å². The van der Waals surface area contributed by atoms with E-state index in [0.717, 1.165) is 16.3 Å². The number of benzene rings is 2. The Balaban J connectivity index is 2.18. The van der Waals surface area contributed by atoms with E-state index in [9.17, 15) is 9.90 Å². The Morgan fingerprint density at radius 2 is 1.90 bits per heavy atom. The topological polar surface area (TPSA) is 86.2 Å². The van der Waals surface area contributed by atoms with Gasteiger partial charge in [-0.3, -0.25) is 0 Å². The number of nitrogens with one attached hydrogen (secondary N) is 1. The van der Waals surface area contributed by atoms with Gasteiger partial charge in [-0.25, -0.2) is 9.78 Å². The van der Waals surface area contributed by atoms with Gasteiger partial charge in [0.15, 0.2) is 5.69 Å². The average molecular weight is 282 g/mol. The fourth-order valence-electron chi connectivity index (χ4n) is 2.55. The predicted molar refractivity (Wildman–Crippen MR) is 78.3 cm³/mol. The number of carbonyl (C=O) groups is 1. The van der Waals surface area contributed by atoms with Gasteiger partial charge in [-0.1, -0.05) is 36.4 Å². The van der Waals surface area contributed by atoms with E-state index in [1.807, 2.05) is 43.3 Å². The minimum Gasteiger partial charge on any atom is -0.476 e. The summed E-state index contributed by atoms with van der Waals surface area (Å²) in [5, 5.41) is 21.6. The van der Waals surface area contributed by atoms with E-state index in [1.54, 1.807) is 0 Å². The third-order valence-corrected chi connectivity index (χ3v) is 3.62. The van der Waals surface area contributed by atoms with Crippen LogP contribution in [0.4, 0.5) is 0 Å². The van der Waals surface area contributed by atoms with E-state index >= 15 is 0 Å². The molecule has 1 unspecified atom stereocenters. The number of fused-ring (bicyclic) bond motifs is 1. The third kappa shape index (κ3) is 2.17. The maximum atomic E-state index is 11.1. The Labute approximate surface area is 120 Å². The quantitative estimate of drug-likeness (QED) is 0.689. The lowest BCUT2D eigenvalue weighted by atomic mass is 9.95. The molecule has 0 fully saturated rings. The number of imidazole rings is 1. The molecule has 0 aliphatic carbocycles. The summed E-state index contributed by atoms with van der Waals surface area (Å²) in [7, 11) is 0. The molecule has 5 nitrogen and oxygen atoms in total. The van der Waals surface area contributed by atoms with Gasteiger partial charge < -0.3 is 15.2 Å². The second kappa shape index (κ2) is 5.03. The van der Waals surface area contributed by atoms with Crippen molar-refractivity contribution in [1.82, 2.24) is 9.97 Å². The SMILES string of the molecule is Cc1ccc(C(O)c2[nH]cnc2C(=O)O)c2ccccc12. The van der Waals surface area contributed by atoms with Gasteiger partial charge in [0.2, 0.25) is 0 Å². The van der Waals surface area contributed by atoms with E-state index in [2.05, 4.69) is 9.97 Å². The zero-order valence-corrected chi connectivity index (χ0v) is 11.4. The van der Waals surface area contributed by atoms with Gasteiger partial charge in [0, 0.05) is 0 Å². The fraction of sp³-hybridized carbons (Fsp3) is 0.125. The van der Waals surface area contributed by atoms with Crippen LogP contribution in [0.5, 0.6) is 0 Å². The molecule has 0 saturated heterocycles. The standard InChI is InChI=1S/C16H14N2O3/c1-9-6-7-12(11-5-3-2-4-10(9)11)15(19)13-14(16(20)21)18-8-17-13/h2-8,15,19H,1H3,(H,17,18)(H,20,21). The number of aromatic amines is 1. The summed E-state index contributed by atoms with van der Waals surface area (Å²) >= 11 is 0. The molecule has 1 aromatic heterocycles. The van der Waals surface area contributed by atoms with Crippen LogP contribution in [-0.2, 0) is 0 Å². The predicted octanol–water partition coefficient (Wildman–Crippen LogP) is 2.65. The maximum Gasteiger partial charge on any atom is 0.356 e. The van der Waals surface area contributed by atoms with Crippen molar-refractivity contribution in [2.75, 3.05) is 0 Å². The number of aromatic nitrogens is 2. The molecular formula is C16H14N2O3. The first-order valence-electron chi connectivity index (χ1n) is 6.52. The fourth-order valence-corrected chi connectivity index (χ4v) is 2.55. The molecule has 0 bridgehead atoms. The summed E-state index contributed by atoms with van der Waals surface area (Å²) in [6, 6.07) is 11.4. The summed E-state index contributed by atoms with van der Waals surface area (Å²) in [5.74, 6) is -1.17. The average Bonchev–Trinajstić information content (AvgIpc) is 2.97. The normalized spacial score (nSPS) is 12.5. The summed E-state index contributed by atoms with van der Waals surface area (Å²) in [6.45, 7) is 2.00. The van der Waals surface area contributed by atoms with Crippen molar-refractivity contribution in [2.24, 2.45) is 0 Å². The van der Waals surface area contributed by atoms with Gasteiger partial charge in [-0.2, -0.15) is 0 Å². The number of aromatic carboxylic acids is 1. The number of carboxylic acid groups (broad SMARTS) is 1. The Kier molecular flexibility index (Phi) is 3.19. The number of carboxylic acids is 1. The summed E-state index contributed by atoms with van der Waals surface area (Å²) in [6.07, 6.45) is 0.211. The summed E-state index contributed by atoms with van der Waals surface area (Å²) < 4.78 is 0. The largest absolute Gasteiger partial charge is 0.476 e. The van der Waals surface area contributed by atoms with Crippen molar-refractivity contribution in [3.63, 3.8) is 0 Å². The van der Waals surface area contributed by atoms with Gasteiger partial charge in [0.25, 0.3) is 0 Å². The van der Waals surface area contributed by atoms with Gasteiger partial charge in [0.1, 0.15) is 6.10 Å². The highest BCUT2D eigenvalue weighted by Gasteiger charge is 2.22. The van der Waals surface area contributed by atoms with Crippen molar-refractivity contribution in [3.05, 3.63) is 65.2 Å². The molecule has 1 heterocycles. The van der Waals surface area contributed by atoms with Crippen LogP contribution < -0.4 is 0 Å². The minimum absolute atomic E-state index is 0.160. The monoisotopic (exact) mass is 282 g/mol. The zero-order valence-electron chi connectivity index (χ0n) is 11.4.